The number of benzene rings is 4. The molecule has 3 saturated heterocycles. The number of carbonyl (C=O) groups excluding carboxylic acids is 11. The number of H-pyrrole nitrogens is 1. The smallest absolute Gasteiger partial charge is 0.409 e. The van der Waals surface area contributed by atoms with Crippen molar-refractivity contribution in [1.29, 1.82) is 0 Å². The van der Waals surface area contributed by atoms with E-state index in [2.05, 4.69) is 52.8 Å². The number of halogens is 1. The number of unbranched alkanes of at least 4 members (excludes halogenated alkanes) is 1. The maximum absolute atomic E-state index is 15.3. The molecule has 5 heterocycles. The number of nitrogens with one attached hydrogen (secondary N) is 10. The zero-order valence-electron chi connectivity index (χ0n) is 72.1. The van der Waals surface area contributed by atoms with Gasteiger partial charge in [-0.15, -0.1) is 0 Å². The zero-order chi connectivity index (χ0) is 90.8. The van der Waals surface area contributed by atoms with E-state index in [1.54, 1.807) is 69.6 Å². The highest BCUT2D eigenvalue weighted by Gasteiger charge is 2.65. The molecule has 4 bridgehead atoms. The number of aromatic amines is 1. The van der Waals surface area contributed by atoms with Gasteiger partial charge in [-0.2, -0.15) is 0 Å². The molecule has 16 N–H and O–H groups in total. The number of hydrogen-bond donors (Lipinski definition) is 15. The van der Waals surface area contributed by atoms with Crippen LogP contribution >= 0.6 is 54.8 Å². The maximum atomic E-state index is 15.3. The van der Waals surface area contributed by atoms with Gasteiger partial charge in [0.2, 0.25) is 53.2 Å². The van der Waals surface area contributed by atoms with Gasteiger partial charge in [0.1, 0.15) is 77.0 Å². The molecule has 38 heteroatoms. The number of alkyl carbamates (subject to hydrolysis) is 1. The van der Waals surface area contributed by atoms with Crippen molar-refractivity contribution < 1.29 is 96.9 Å². The zero-order valence-corrected chi connectivity index (χ0v) is 76.1. The molecule has 684 valence electrons. The van der Waals surface area contributed by atoms with Crippen molar-refractivity contribution in [2.45, 2.75) is 227 Å². The van der Waals surface area contributed by atoms with Crippen LogP contribution in [0.15, 0.2) is 115 Å². The summed E-state index contributed by atoms with van der Waals surface area (Å²) in [7, 11) is 10.9. The molecule has 33 nitrogen and oxygen atoms in total. The number of ether oxygens (including phenoxy) is 5. The minimum absolute atomic E-state index is 0.0104. The number of carbonyl (C=O) groups is 11. The van der Waals surface area contributed by atoms with Gasteiger partial charge in [-0.05, 0) is 140 Å². The molecule has 5 aromatic rings. The Hall–Kier alpha value is -8.70. The number of allylic oxidation sites excluding steroid dienone is 2. The van der Waals surface area contributed by atoms with Gasteiger partial charge < -0.3 is 107 Å². The lowest BCUT2D eigenvalue weighted by molar-refractivity contribution is -0.162. The van der Waals surface area contributed by atoms with Gasteiger partial charge >= 0.3 is 12.1 Å². The molecule has 125 heavy (non-hydrogen) atoms. The van der Waals surface area contributed by atoms with Crippen molar-refractivity contribution in [2.75, 3.05) is 75.9 Å². The van der Waals surface area contributed by atoms with E-state index in [-0.39, 0.29) is 74.0 Å². The number of likely N-dealkylation sites (N-methyl/N-ethyl adjacent to an activating group) is 1. The fraction of sp³-hybridized carbons (Fsp3) is 0.552. The topological polar surface area (TPSA) is 475 Å². The molecule has 0 aliphatic carbocycles. The summed E-state index contributed by atoms with van der Waals surface area (Å²) in [5.41, 5.74) is 7.51. The number of aliphatic hydroxyl groups excluding tert-OH is 3. The normalized spacial score (nSPS) is 26.3. The summed E-state index contributed by atoms with van der Waals surface area (Å²) in [6, 6.07) is 16.6. The second kappa shape index (κ2) is 47.9. The Labute approximate surface area is 749 Å². The van der Waals surface area contributed by atoms with Gasteiger partial charge in [-0.25, -0.2) is 9.59 Å². The lowest BCUT2D eigenvalue weighted by Crippen LogP contribution is -2.64. The first-order chi connectivity index (χ1) is 59.7. The Morgan fingerprint density at radius 3 is 2.14 bits per heavy atom. The second-order valence-electron chi connectivity index (χ2n) is 32.3. The molecular formula is C87H120ClN13O20S4. The highest BCUT2D eigenvalue weighted by atomic mass is 35.5. The van der Waals surface area contributed by atoms with Gasteiger partial charge in [-0.3, -0.25) is 48.5 Å². The Balaban J connectivity index is 0.891. The molecule has 9 rings (SSSR count). The Morgan fingerprint density at radius 1 is 0.808 bits per heavy atom. The number of epoxide rings is 1. The first-order valence-corrected chi connectivity index (χ1v) is 47.4. The molecule has 10 amide bonds. The lowest BCUT2D eigenvalue weighted by atomic mass is 9.83. The fourth-order valence-corrected chi connectivity index (χ4v) is 19.9. The molecule has 0 saturated carbocycles. The number of nitrogens with two attached hydrogens (primary N) is 1. The van der Waals surface area contributed by atoms with Crippen LogP contribution in [-0.2, 0) is 92.6 Å². The Morgan fingerprint density at radius 2 is 1.46 bits per heavy atom. The third-order valence-corrected chi connectivity index (χ3v) is 28.3. The van der Waals surface area contributed by atoms with Crippen LogP contribution in [0.5, 0.6) is 5.75 Å². The van der Waals surface area contributed by atoms with Crippen LogP contribution in [0, 0.1) is 5.92 Å². The Bertz CT molecular complexity index is 4540. The molecule has 18 atom stereocenters. The number of aromatic nitrogens is 1. The number of amides is 10. The third-order valence-electron chi connectivity index (χ3n) is 23.0. The minimum Gasteiger partial charge on any atom is -0.495 e. The summed E-state index contributed by atoms with van der Waals surface area (Å²) >= 11 is 6.92. The van der Waals surface area contributed by atoms with E-state index in [4.69, 9.17) is 41.0 Å². The largest absolute Gasteiger partial charge is 0.495 e. The highest BCUT2D eigenvalue weighted by Crippen LogP contribution is 2.50. The van der Waals surface area contributed by atoms with E-state index in [9.17, 15) is 54.0 Å². The standard InChI is InChI=1S/C87H120ClN13O20S4/c1-49-23-21-31-70(118-10)87(116)44-69(119-85(115)99-87)50(2)76-86(6,121-76)71(43-73(106)101(8)67-40-56(37-49)41-68(117-9)74(67)88)120-84(114)51(3)100(7)72(105)32-36-123-122-35-22-34-90-61(38-54-24-13-11-14-25-54)78(108)96-65-47-124-125-48-66(82(112)95-64(46-102)52(4)103)97-83(113)75(53(5)104)98-77(107)60(30-19-20-33-89)92-80(110)63(42-57-45-91-59-29-18-17-28-58(57)59)94-79(109)62(93-81(65)111)39-55-26-15-12-16-27-55/h11-18,23-29,40-41,45,50-53,60-66,69-71,75-76,90-91,102-104,116H,19-22,30-39,42-44,46-48,89H2,1-10H3,(H,92,110)(H,93,111)(H,94,109)(H,95,112)(H,96,108)(H,97,113)(H,98,107)(H,99,115)/b49-23+/t50-,51+,52-,53-,60+,61-,62+,63-,64-,65+,66+,69+,70-,71+,75+,76+,86+,87+/m1/s1. The third kappa shape index (κ3) is 28.2. The average molecular weight is 1830 g/mol. The number of anilines is 1. The van der Waals surface area contributed by atoms with E-state index < -0.39 is 181 Å². The van der Waals surface area contributed by atoms with Gasteiger partial charge in [-0.1, -0.05) is 152 Å². The van der Waals surface area contributed by atoms with E-state index in [0.717, 1.165) is 49.2 Å². The molecule has 1 aromatic heterocycles. The predicted molar refractivity (Wildman–Crippen MR) is 481 cm³/mol. The van der Waals surface area contributed by atoms with Crippen LogP contribution in [0.2, 0.25) is 5.02 Å². The van der Waals surface area contributed by atoms with Crippen LogP contribution in [0.25, 0.3) is 10.9 Å². The molecule has 0 unspecified atom stereocenters. The summed E-state index contributed by atoms with van der Waals surface area (Å²) in [5, 5.41) is 69.9. The van der Waals surface area contributed by atoms with Crippen molar-refractivity contribution in [3.63, 3.8) is 0 Å². The molecule has 4 aromatic carbocycles. The van der Waals surface area contributed by atoms with Gasteiger partial charge in [0.15, 0.2) is 5.72 Å². The summed E-state index contributed by atoms with van der Waals surface area (Å²) in [6.45, 7) is 9.33. The first kappa shape index (κ1) is 100. The van der Waals surface area contributed by atoms with Crippen LogP contribution in [-0.4, -0.2) is 269 Å². The molecular weight excluding hydrogens is 1710 g/mol. The van der Waals surface area contributed by atoms with E-state index in [1.165, 1.54) is 73.4 Å². The van der Waals surface area contributed by atoms with Gasteiger partial charge in [0.25, 0.3) is 0 Å². The van der Waals surface area contributed by atoms with Crippen molar-refractivity contribution in [1.82, 2.24) is 57.7 Å². The number of methoxy groups -OCH3 is 2. The first-order valence-electron chi connectivity index (χ1n) is 42.0. The van der Waals surface area contributed by atoms with Crippen LogP contribution in [0.3, 0.4) is 0 Å². The van der Waals surface area contributed by atoms with Crippen LogP contribution in [0.4, 0.5) is 10.5 Å². The number of aliphatic hydroxyl groups is 4. The molecule has 4 aliphatic heterocycles. The number of rotatable bonds is 31. The van der Waals surface area contributed by atoms with Gasteiger partial charge in [0, 0.05) is 92.9 Å². The Kier molecular flexibility index (Phi) is 38.4. The molecule has 0 spiro atoms. The number of nitrogens with zero attached hydrogens (tertiary/aromatic N) is 2. The maximum Gasteiger partial charge on any atom is 0.409 e. The monoisotopic (exact) mass is 1830 g/mol. The second-order valence-corrected chi connectivity index (χ2v) is 38.0. The SMILES string of the molecule is COc1cc2cc(c1Cl)N(C)C(=O)C[C@H](OC(=O)[C@H](C)N(C)C(=O)CCSSCCCN[C@H](Cc1ccccc1)C(=O)N[C@H]1CSSC[C@@H](C(=O)N[C@H](CO)[C@@H](C)O)NC(=O)[C@H]([C@@H](C)O)NC(=O)[C@H](CCCCN)NC(=O)[C@@H](Cc3c[nH]c4ccccc34)NC(=O)[C@H](Cc3ccccc3)NC1=O)[C@]1(C)O[C@H]1[C@H](C)[C@@H]1C[C@@](O)(NC(=O)O1)[C@H](OC)CC/C=C(\C)C2. The number of para-hydroxylation sites is 1. The van der Waals surface area contributed by atoms with Crippen molar-refractivity contribution in [2.24, 2.45) is 11.7 Å². The number of hydrogen-bond acceptors (Lipinski definition) is 26. The van der Waals surface area contributed by atoms with Crippen molar-refractivity contribution in [3.05, 3.63) is 142 Å². The fourth-order valence-electron chi connectivity index (χ4n) is 15.2. The van der Waals surface area contributed by atoms with Crippen LogP contribution < -0.4 is 63.2 Å². The quantitative estimate of drug-likeness (QED) is 0.00936. The van der Waals surface area contributed by atoms with Gasteiger partial charge in [0.05, 0.1) is 56.2 Å². The molecule has 0 radical (unpaired) electrons. The summed E-state index contributed by atoms with van der Waals surface area (Å²) in [6.07, 6.45) is -1.89. The average Bonchev–Trinajstić information content (AvgIpc) is 1.57. The number of esters is 1. The lowest BCUT2D eigenvalue weighted by Gasteiger charge is -2.43. The number of fused-ring (bicyclic) bond motifs is 6. The van der Waals surface area contributed by atoms with E-state index in [0.29, 0.717) is 72.6 Å². The van der Waals surface area contributed by atoms with Crippen molar-refractivity contribution >= 4 is 137 Å². The molecule has 3 fully saturated rings. The highest BCUT2D eigenvalue weighted by molar-refractivity contribution is 8.77. The minimum atomic E-state index is -1.84. The summed E-state index contributed by atoms with van der Waals surface area (Å²) in [5.74, 6) is -7.47. The summed E-state index contributed by atoms with van der Waals surface area (Å²) in [4.78, 5) is 166. The molecule has 4 aliphatic rings. The van der Waals surface area contributed by atoms with Crippen molar-refractivity contribution in [3.8, 4) is 5.75 Å². The summed E-state index contributed by atoms with van der Waals surface area (Å²) < 4.78 is 30.0. The predicted octanol–water partition coefficient (Wildman–Crippen LogP) is 4.74. The van der Waals surface area contributed by atoms with E-state index in [1.807, 2.05) is 67.6 Å². The van der Waals surface area contributed by atoms with E-state index >= 15 is 19.2 Å². The van der Waals surface area contributed by atoms with Crippen LogP contribution in [0.1, 0.15) is 122 Å².